The zero-order chi connectivity index (χ0) is 21.0. The fraction of sp³-hybridized carbons (Fsp3) is 0.250. The second-order valence-electron chi connectivity index (χ2n) is 6.78. The van der Waals surface area contributed by atoms with Crippen LogP contribution in [-0.4, -0.2) is 26.4 Å². The summed E-state index contributed by atoms with van der Waals surface area (Å²) in [6.45, 7) is 4.98. The highest BCUT2D eigenvalue weighted by Gasteiger charge is 2.17. The van der Waals surface area contributed by atoms with Gasteiger partial charge in [0, 0.05) is 22.8 Å². The predicted molar refractivity (Wildman–Crippen MR) is 121 cm³/mol. The number of nitrogens with one attached hydrogen (secondary N) is 1. The minimum absolute atomic E-state index is 0.166. The second-order valence-corrected chi connectivity index (χ2v) is 8.98. The van der Waals surface area contributed by atoms with Gasteiger partial charge in [-0.05, 0) is 48.4 Å². The number of thioether (sulfide) groups is 1. The summed E-state index contributed by atoms with van der Waals surface area (Å²) in [5.41, 5.74) is 1.52. The van der Waals surface area contributed by atoms with Gasteiger partial charge in [0.15, 0.2) is 11.0 Å². The first-order chi connectivity index (χ1) is 13.8. The SMILES string of the molecule is CC(C)Cn1c(SCC(=O)Nc2ccc(Cl)c(Cl)c2)nnc1-c1ccc(Cl)cc1. The highest BCUT2D eigenvalue weighted by atomic mass is 35.5. The van der Waals surface area contributed by atoms with Gasteiger partial charge in [-0.1, -0.05) is 60.4 Å². The molecular formula is C20H19Cl3N4OS. The third kappa shape index (κ3) is 5.89. The first kappa shape index (κ1) is 22.0. The van der Waals surface area contributed by atoms with Gasteiger partial charge in [0.1, 0.15) is 0 Å². The lowest BCUT2D eigenvalue weighted by Gasteiger charge is -2.12. The summed E-state index contributed by atoms with van der Waals surface area (Å²) in [5, 5.41) is 13.6. The molecule has 0 atom stereocenters. The largest absolute Gasteiger partial charge is 0.325 e. The minimum atomic E-state index is -0.166. The smallest absolute Gasteiger partial charge is 0.234 e. The number of aromatic nitrogens is 3. The number of hydrogen-bond donors (Lipinski definition) is 1. The van der Waals surface area contributed by atoms with Crippen molar-refractivity contribution in [3.05, 3.63) is 57.5 Å². The van der Waals surface area contributed by atoms with Gasteiger partial charge in [0.05, 0.1) is 15.8 Å². The summed E-state index contributed by atoms with van der Waals surface area (Å²) in [7, 11) is 0. The van der Waals surface area contributed by atoms with E-state index in [1.165, 1.54) is 11.8 Å². The maximum absolute atomic E-state index is 12.3. The van der Waals surface area contributed by atoms with Crippen molar-refractivity contribution in [1.82, 2.24) is 14.8 Å². The van der Waals surface area contributed by atoms with Crippen molar-refractivity contribution in [3.8, 4) is 11.4 Å². The van der Waals surface area contributed by atoms with Crippen LogP contribution in [0.3, 0.4) is 0 Å². The van der Waals surface area contributed by atoms with Crippen LogP contribution in [0.1, 0.15) is 13.8 Å². The van der Waals surface area contributed by atoms with E-state index in [1.807, 2.05) is 28.8 Å². The topological polar surface area (TPSA) is 59.8 Å². The number of carbonyl (C=O) groups excluding carboxylic acids is 1. The monoisotopic (exact) mass is 468 g/mol. The van der Waals surface area contributed by atoms with E-state index in [2.05, 4.69) is 29.4 Å². The number of benzene rings is 2. The van der Waals surface area contributed by atoms with Crippen LogP contribution in [0.4, 0.5) is 5.69 Å². The van der Waals surface area contributed by atoms with E-state index in [0.717, 1.165) is 17.9 Å². The maximum atomic E-state index is 12.3. The van der Waals surface area contributed by atoms with Crippen molar-refractivity contribution in [2.24, 2.45) is 5.92 Å². The number of amides is 1. The highest BCUT2D eigenvalue weighted by Crippen LogP contribution is 2.27. The summed E-state index contributed by atoms with van der Waals surface area (Å²) < 4.78 is 2.03. The molecule has 0 fully saturated rings. The molecular weight excluding hydrogens is 451 g/mol. The Labute approximate surface area is 188 Å². The van der Waals surface area contributed by atoms with Crippen LogP contribution in [0.25, 0.3) is 11.4 Å². The average molecular weight is 470 g/mol. The van der Waals surface area contributed by atoms with Crippen LogP contribution in [0.15, 0.2) is 47.6 Å². The Morgan fingerprint density at radius 2 is 1.79 bits per heavy atom. The zero-order valence-electron chi connectivity index (χ0n) is 15.8. The van der Waals surface area contributed by atoms with Gasteiger partial charge in [-0.15, -0.1) is 10.2 Å². The third-order valence-corrected chi connectivity index (χ3v) is 5.86. The van der Waals surface area contributed by atoms with Gasteiger partial charge in [0.2, 0.25) is 5.91 Å². The molecule has 1 amide bonds. The number of hydrogen-bond acceptors (Lipinski definition) is 4. The molecule has 0 saturated carbocycles. The fourth-order valence-electron chi connectivity index (χ4n) is 2.64. The minimum Gasteiger partial charge on any atom is -0.325 e. The third-order valence-electron chi connectivity index (χ3n) is 3.90. The van der Waals surface area contributed by atoms with Crippen molar-refractivity contribution in [3.63, 3.8) is 0 Å². The Kier molecular flexibility index (Phi) is 7.46. The lowest BCUT2D eigenvalue weighted by Crippen LogP contribution is -2.15. The highest BCUT2D eigenvalue weighted by molar-refractivity contribution is 7.99. The van der Waals surface area contributed by atoms with Crippen LogP contribution in [0.2, 0.25) is 15.1 Å². The lowest BCUT2D eigenvalue weighted by atomic mass is 10.2. The first-order valence-electron chi connectivity index (χ1n) is 8.90. The molecule has 0 radical (unpaired) electrons. The number of halogens is 3. The molecule has 0 aliphatic rings. The molecule has 5 nitrogen and oxygen atoms in total. The van der Waals surface area contributed by atoms with Gasteiger partial charge in [-0.3, -0.25) is 4.79 Å². The van der Waals surface area contributed by atoms with Crippen LogP contribution in [0.5, 0.6) is 0 Å². The Morgan fingerprint density at radius 3 is 2.45 bits per heavy atom. The lowest BCUT2D eigenvalue weighted by molar-refractivity contribution is -0.113. The number of anilines is 1. The van der Waals surface area contributed by atoms with Gasteiger partial charge in [-0.2, -0.15) is 0 Å². The number of rotatable bonds is 7. The normalized spacial score (nSPS) is 11.1. The molecule has 3 aromatic rings. The molecule has 1 aromatic heterocycles. The van der Waals surface area contributed by atoms with Crippen molar-refractivity contribution in [2.75, 3.05) is 11.1 Å². The molecule has 9 heteroatoms. The van der Waals surface area contributed by atoms with E-state index in [4.69, 9.17) is 34.8 Å². The summed E-state index contributed by atoms with van der Waals surface area (Å²) in [4.78, 5) is 12.3. The Balaban J connectivity index is 1.73. The van der Waals surface area contributed by atoms with E-state index in [0.29, 0.717) is 31.8 Å². The van der Waals surface area contributed by atoms with Crippen molar-refractivity contribution >= 4 is 58.2 Å². The van der Waals surface area contributed by atoms with E-state index < -0.39 is 0 Å². The van der Waals surface area contributed by atoms with Gasteiger partial charge >= 0.3 is 0 Å². The number of nitrogens with zero attached hydrogens (tertiary/aromatic N) is 3. The predicted octanol–water partition coefficient (Wildman–Crippen LogP) is 6.29. The standard InChI is InChI=1S/C20H19Cl3N4OS/c1-12(2)10-27-19(13-3-5-14(21)6-4-13)25-26-20(27)29-11-18(28)24-15-7-8-16(22)17(23)9-15/h3-9,12H,10-11H2,1-2H3,(H,24,28). The summed E-state index contributed by atoms with van der Waals surface area (Å²) >= 11 is 19.2. The number of carbonyl (C=O) groups is 1. The molecule has 1 N–H and O–H groups in total. The maximum Gasteiger partial charge on any atom is 0.234 e. The van der Waals surface area contributed by atoms with Crippen molar-refractivity contribution in [2.45, 2.75) is 25.5 Å². The molecule has 2 aromatic carbocycles. The molecule has 0 aliphatic heterocycles. The summed E-state index contributed by atoms with van der Waals surface area (Å²) in [5.74, 6) is 1.17. The van der Waals surface area contributed by atoms with Gasteiger partial charge in [0.25, 0.3) is 0 Å². The van der Waals surface area contributed by atoms with Gasteiger partial charge < -0.3 is 9.88 Å². The quantitative estimate of drug-likeness (QED) is 0.413. The molecule has 0 bridgehead atoms. The first-order valence-corrected chi connectivity index (χ1v) is 11.0. The second kappa shape index (κ2) is 9.85. The van der Waals surface area contributed by atoms with E-state index in [-0.39, 0.29) is 11.7 Å². The van der Waals surface area contributed by atoms with Crippen molar-refractivity contribution < 1.29 is 4.79 Å². The molecule has 0 spiro atoms. The average Bonchev–Trinajstić information content (AvgIpc) is 3.05. The fourth-order valence-corrected chi connectivity index (χ4v) is 3.81. The van der Waals surface area contributed by atoms with Crippen molar-refractivity contribution in [1.29, 1.82) is 0 Å². The van der Waals surface area contributed by atoms with E-state index in [9.17, 15) is 4.79 Å². The van der Waals surface area contributed by atoms with Crippen LogP contribution in [0, 0.1) is 5.92 Å². The molecule has 29 heavy (non-hydrogen) atoms. The zero-order valence-corrected chi connectivity index (χ0v) is 18.9. The Morgan fingerprint density at radius 1 is 1.07 bits per heavy atom. The van der Waals surface area contributed by atoms with E-state index in [1.54, 1.807) is 18.2 Å². The van der Waals surface area contributed by atoms with Crippen LogP contribution in [-0.2, 0) is 11.3 Å². The molecule has 1 heterocycles. The molecule has 0 saturated heterocycles. The Bertz CT molecular complexity index is 1010. The molecule has 3 rings (SSSR count). The molecule has 0 unspecified atom stereocenters. The summed E-state index contributed by atoms with van der Waals surface area (Å²) in [6.07, 6.45) is 0. The van der Waals surface area contributed by atoms with Crippen LogP contribution < -0.4 is 5.32 Å². The van der Waals surface area contributed by atoms with Crippen LogP contribution >= 0.6 is 46.6 Å². The molecule has 152 valence electrons. The summed E-state index contributed by atoms with van der Waals surface area (Å²) in [6, 6.07) is 12.4. The molecule has 0 aliphatic carbocycles. The van der Waals surface area contributed by atoms with Gasteiger partial charge in [-0.25, -0.2) is 0 Å². The Hall–Kier alpha value is -1.73. The van der Waals surface area contributed by atoms with E-state index >= 15 is 0 Å².